The minimum Gasteiger partial charge on any atom is -0.399 e. The first-order chi connectivity index (χ1) is 7.15. The molecule has 1 saturated heterocycles. The summed E-state index contributed by atoms with van der Waals surface area (Å²) in [5.41, 5.74) is 7.94. The first-order valence-corrected chi connectivity index (χ1v) is 5.75. The Labute approximate surface area is 92.1 Å². The number of benzene rings is 1. The fraction of sp³-hybridized carbons (Fsp3) is 0.538. The molecule has 1 fully saturated rings. The van der Waals surface area contributed by atoms with Gasteiger partial charge in [0.05, 0.1) is 0 Å². The minimum absolute atomic E-state index is 0.787. The zero-order valence-electron chi connectivity index (χ0n) is 9.61. The number of rotatable bonds is 1. The molecule has 0 aromatic heterocycles. The van der Waals surface area contributed by atoms with Gasteiger partial charge in [0.25, 0.3) is 0 Å². The second-order valence-electron chi connectivity index (χ2n) is 4.95. The molecule has 0 aliphatic carbocycles. The van der Waals surface area contributed by atoms with Crippen LogP contribution in [0.3, 0.4) is 0 Å². The second kappa shape index (κ2) is 4.13. The van der Waals surface area contributed by atoms with Gasteiger partial charge in [-0.1, -0.05) is 19.9 Å². The van der Waals surface area contributed by atoms with E-state index in [1.165, 1.54) is 12.1 Å². The van der Waals surface area contributed by atoms with Crippen LogP contribution in [0.1, 0.15) is 20.3 Å². The molecule has 0 unspecified atom stereocenters. The summed E-state index contributed by atoms with van der Waals surface area (Å²) < 4.78 is 0. The number of anilines is 2. The maximum atomic E-state index is 5.81. The van der Waals surface area contributed by atoms with Gasteiger partial charge >= 0.3 is 0 Å². The van der Waals surface area contributed by atoms with Crippen LogP contribution >= 0.6 is 0 Å². The van der Waals surface area contributed by atoms with Gasteiger partial charge in [0, 0.05) is 24.5 Å². The van der Waals surface area contributed by atoms with E-state index >= 15 is 0 Å². The maximum Gasteiger partial charge on any atom is 0.0387 e. The van der Waals surface area contributed by atoms with Crippen molar-refractivity contribution in [1.82, 2.24) is 0 Å². The van der Waals surface area contributed by atoms with Crippen LogP contribution in [0.2, 0.25) is 0 Å². The zero-order chi connectivity index (χ0) is 10.8. The van der Waals surface area contributed by atoms with E-state index in [1.54, 1.807) is 0 Å². The van der Waals surface area contributed by atoms with E-state index in [0.717, 1.165) is 30.6 Å². The summed E-state index contributed by atoms with van der Waals surface area (Å²) in [6.07, 6.45) is 1.35. The van der Waals surface area contributed by atoms with Crippen molar-refractivity contribution in [1.29, 1.82) is 0 Å². The van der Waals surface area contributed by atoms with Crippen molar-refractivity contribution in [3.05, 3.63) is 24.3 Å². The van der Waals surface area contributed by atoms with E-state index in [4.69, 9.17) is 5.73 Å². The highest BCUT2D eigenvalue weighted by molar-refractivity contribution is 5.56. The third-order valence-electron chi connectivity index (χ3n) is 3.10. The van der Waals surface area contributed by atoms with Crippen molar-refractivity contribution in [3.8, 4) is 0 Å². The first-order valence-electron chi connectivity index (χ1n) is 5.75. The number of hydrogen-bond donors (Lipinski definition) is 1. The first kappa shape index (κ1) is 10.3. The van der Waals surface area contributed by atoms with Crippen LogP contribution in [0.15, 0.2) is 24.3 Å². The summed E-state index contributed by atoms with van der Waals surface area (Å²) in [4.78, 5) is 2.45. The Morgan fingerprint density at radius 3 is 2.47 bits per heavy atom. The summed E-state index contributed by atoms with van der Waals surface area (Å²) >= 11 is 0. The van der Waals surface area contributed by atoms with Crippen LogP contribution in [0, 0.1) is 11.8 Å². The second-order valence-corrected chi connectivity index (χ2v) is 4.95. The lowest BCUT2D eigenvalue weighted by Gasteiger charge is -2.36. The molecule has 0 bridgehead atoms. The molecule has 15 heavy (non-hydrogen) atoms. The predicted octanol–water partition coefficient (Wildman–Crippen LogP) is 2.75. The Kier molecular flexibility index (Phi) is 2.85. The number of nitrogen functional groups attached to an aromatic ring is 1. The van der Waals surface area contributed by atoms with Crippen LogP contribution in [0.4, 0.5) is 11.4 Å². The molecule has 1 aromatic rings. The molecule has 1 heterocycles. The van der Waals surface area contributed by atoms with Gasteiger partial charge in [0.2, 0.25) is 0 Å². The number of nitrogens with zero attached hydrogens (tertiary/aromatic N) is 1. The highest BCUT2D eigenvalue weighted by atomic mass is 15.1. The van der Waals surface area contributed by atoms with Crippen LogP contribution in [-0.4, -0.2) is 13.1 Å². The molecular weight excluding hydrogens is 184 g/mol. The minimum atomic E-state index is 0.787. The van der Waals surface area contributed by atoms with Crippen molar-refractivity contribution in [2.24, 2.45) is 11.8 Å². The third kappa shape index (κ3) is 2.44. The normalized spacial score (nSPS) is 26.7. The van der Waals surface area contributed by atoms with Gasteiger partial charge in [-0.2, -0.15) is 0 Å². The lowest BCUT2D eigenvalue weighted by molar-refractivity contribution is 0.357. The van der Waals surface area contributed by atoms with Crippen molar-refractivity contribution >= 4 is 11.4 Å². The Hall–Kier alpha value is -1.18. The molecule has 2 nitrogen and oxygen atoms in total. The monoisotopic (exact) mass is 204 g/mol. The fourth-order valence-electron chi connectivity index (χ4n) is 2.60. The zero-order valence-corrected chi connectivity index (χ0v) is 9.61. The lowest BCUT2D eigenvalue weighted by Crippen LogP contribution is -2.38. The van der Waals surface area contributed by atoms with E-state index < -0.39 is 0 Å². The lowest BCUT2D eigenvalue weighted by atomic mass is 9.91. The Balaban J connectivity index is 2.16. The summed E-state index contributed by atoms with van der Waals surface area (Å²) in [6.45, 7) is 6.98. The predicted molar refractivity (Wildman–Crippen MR) is 66.0 cm³/mol. The quantitative estimate of drug-likeness (QED) is 0.713. The van der Waals surface area contributed by atoms with E-state index in [9.17, 15) is 0 Å². The molecule has 0 amide bonds. The van der Waals surface area contributed by atoms with Crippen molar-refractivity contribution in [3.63, 3.8) is 0 Å². The average Bonchev–Trinajstić information content (AvgIpc) is 2.16. The molecule has 2 N–H and O–H groups in total. The van der Waals surface area contributed by atoms with Gasteiger partial charge in [0.1, 0.15) is 0 Å². The van der Waals surface area contributed by atoms with Crippen LogP contribution in [0.25, 0.3) is 0 Å². The summed E-state index contributed by atoms with van der Waals surface area (Å²) in [5.74, 6) is 1.57. The molecule has 2 atom stereocenters. The summed E-state index contributed by atoms with van der Waals surface area (Å²) in [7, 11) is 0. The molecular formula is C13H20N2. The van der Waals surface area contributed by atoms with Crippen LogP contribution in [-0.2, 0) is 0 Å². The molecule has 2 rings (SSSR count). The van der Waals surface area contributed by atoms with E-state index in [2.05, 4.69) is 30.9 Å². The van der Waals surface area contributed by atoms with E-state index in [1.807, 2.05) is 12.1 Å². The van der Waals surface area contributed by atoms with Crippen molar-refractivity contribution < 1.29 is 0 Å². The molecule has 1 aromatic carbocycles. The molecule has 0 spiro atoms. The Morgan fingerprint density at radius 2 is 1.87 bits per heavy atom. The highest BCUT2D eigenvalue weighted by Gasteiger charge is 2.21. The Morgan fingerprint density at radius 1 is 1.20 bits per heavy atom. The number of hydrogen-bond acceptors (Lipinski definition) is 2. The molecule has 0 radical (unpaired) electrons. The van der Waals surface area contributed by atoms with Crippen molar-refractivity contribution in [2.45, 2.75) is 20.3 Å². The van der Waals surface area contributed by atoms with E-state index in [-0.39, 0.29) is 0 Å². The fourth-order valence-corrected chi connectivity index (χ4v) is 2.60. The smallest absolute Gasteiger partial charge is 0.0387 e. The van der Waals surface area contributed by atoms with Gasteiger partial charge in [0.15, 0.2) is 0 Å². The van der Waals surface area contributed by atoms with Crippen LogP contribution in [0.5, 0.6) is 0 Å². The van der Waals surface area contributed by atoms with E-state index in [0.29, 0.717) is 0 Å². The average molecular weight is 204 g/mol. The van der Waals surface area contributed by atoms with Gasteiger partial charge in [-0.3, -0.25) is 0 Å². The van der Waals surface area contributed by atoms with Crippen LogP contribution < -0.4 is 10.6 Å². The molecule has 1 aliphatic rings. The largest absolute Gasteiger partial charge is 0.399 e. The highest BCUT2D eigenvalue weighted by Crippen LogP contribution is 2.26. The summed E-state index contributed by atoms with van der Waals surface area (Å²) in [5, 5.41) is 0. The topological polar surface area (TPSA) is 29.3 Å². The Bertz CT molecular complexity index is 325. The standard InChI is InChI=1S/C13H20N2/c1-10-6-11(2)9-15(8-10)13-5-3-4-12(14)7-13/h3-5,7,10-11H,6,8-9,14H2,1-2H3/t10-,11+. The number of piperidine rings is 1. The number of nitrogens with two attached hydrogens (primary N) is 1. The maximum absolute atomic E-state index is 5.81. The molecule has 0 saturated carbocycles. The molecule has 2 heteroatoms. The van der Waals surface area contributed by atoms with Gasteiger partial charge in [-0.15, -0.1) is 0 Å². The third-order valence-corrected chi connectivity index (χ3v) is 3.10. The van der Waals surface area contributed by atoms with Gasteiger partial charge in [-0.25, -0.2) is 0 Å². The molecule has 82 valence electrons. The van der Waals surface area contributed by atoms with Crippen molar-refractivity contribution in [2.75, 3.05) is 23.7 Å². The van der Waals surface area contributed by atoms with Gasteiger partial charge in [-0.05, 0) is 36.5 Å². The van der Waals surface area contributed by atoms with Gasteiger partial charge < -0.3 is 10.6 Å². The SMILES string of the molecule is C[C@@H]1C[C@H](C)CN(c2cccc(N)c2)C1. The summed E-state index contributed by atoms with van der Waals surface area (Å²) in [6, 6.07) is 8.21. The molecule has 1 aliphatic heterocycles.